The monoisotopic (exact) mass is 274 g/mol. The molecule has 8 unspecified atom stereocenters. The van der Waals surface area contributed by atoms with Gasteiger partial charge in [0, 0.05) is 0 Å². The molecule has 0 aliphatic heterocycles. The molecule has 4 saturated carbocycles. The van der Waals surface area contributed by atoms with Gasteiger partial charge >= 0.3 is 0 Å². The van der Waals surface area contributed by atoms with Gasteiger partial charge in [0.25, 0.3) is 0 Å². The molecule has 0 aromatic carbocycles. The van der Waals surface area contributed by atoms with Gasteiger partial charge in [-0.05, 0) is 85.9 Å². The Balaban J connectivity index is 1.62. The highest BCUT2D eigenvalue weighted by atomic mass is 14.6. The molecule has 8 atom stereocenters. The first-order chi connectivity index (χ1) is 9.79. The summed E-state index contributed by atoms with van der Waals surface area (Å²) in [7, 11) is 0. The van der Waals surface area contributed by atoms with Gasteiger partial charge in [0.05, 0.1) is 0 Å². The number of hydrogen-bond acceptors (Lipinski definition) is 0. The first-order valence-electron chi connectivity index (χ1n) is 9.79. The maximum absolute atomic E-state index is 2.55. The molecule has 114 valence electrons. The van der Waals surface area contributed by atoms with Crippen LogP contribution in [0.1, 0.15) is 78.1 Å². The van der Waals surface area contributed by atoms with Crippen molar-refractivity contribution in [2.45, 2.75) is 78.1 Å². The highest BCUT2D eigenvalue weighted by molar-refractivity contribution is 5.02. The summed E-state index contributed by atoms with van der Waals surface area (Å²) in [6.45, 7) is 4.98. The zero-order valence-corrected chi connectivity index (χ0v) is 13.7. The molecule has 0 heteroatoms. The Kier molecular flexibility index (Phi) is 3.63. The van der Waals surface area contributed by atoms with Crippen LogP contribution < -0.4 is 0 Å². The van der Waals surface area contributed by atoms with E-state index in [9.17, 15) is 0 Å². The average molecular weight is 274 g/mol. The minimum Gasteiger partial charge on any atom is -0.0651 e. The second-order valence-electron chi connectivity index (χ2n) is 8.81. The van der Waals surface area contributed by atoms with Crippen LogP contribution in [0, 0.1) is 47.3 Å². The SMILES string of the molecule is CCC(C)C1CCC2CCC3CCCC4CCC1C2C34. The van der Waals surface area contributed by atoms with Crippen molar-refractivity contribution in [2.24, 2.45) is 47.3 Å². The molecular weight excluding hydrogens is 240 g/mol. The van der Waals surface area contributed by atoms with Crippen LogP contribution in [-0.4, -0.2) is 0 Å². The van der Waals surface area contributed by atoms with Gasteiger partial charge in [-0.3, -0.25) is 0 Å². The predicted molar refractivity (Wildman–Crippen MR) is 85.4 cm³/mol. The summed E-state index contributed by atoms with van der Waals surface area (Å²) >= 11 is 0. The summed E-state index contributed by atoms with van der Waals surface area (Å²) < 4.78 is 0. The van der Waals surface area contributed by atoms with Gasteiger partial charge in [-0.2, -0.15) is 0 Å². The smallest absolute Gasteiger partial charge is 0.0321 e. The average Bonchev–Trinajstić information content (AvgIpc) is 2.51. The van der Waals surface area contributed by atoms with Crippen molar-refractivity contribution >= 4 is 0 Å². The van der Waals surface area contributed by atoms with Gasteiger partial charge in [-0.25, -0.2) is 0 Å². The van der Waals surface area contributed by atoms with Crippen LogP contribution >= 0.6 is 0 Å². The summed E-state index contributed by atoms with van der Waals surface area (Å²) in [5, 5.41) is 0. The first-order valence-corrected chi connectivity index (χ1v) is 9.79. The van der Waals surface area contributed by atoms with Crippen molar-refractivity contribution in [3.05, 3.63) is 0 Å². The predicted octanol–water partition coefficient (Wildman–Crippen LogP) is 5.91. The van der Waals surface area contributed by atoms with E-state index in [1.807, 2.05) is 0 Å². The quantitative estimate of drug-likeness (QED) is 0.587. The molecule has 4 aliphatic rings. The topological polar surface area (TPSA) is 0 Å². The lowest BCUT2D eigenvalue weighted by Gasteiger charge is -2.60. The van der Waals surface area contributed by atoms with Crippen molar-refractivity contribution < 1.29 is 0 Å². The van der Waals surface area contributed by atoms with Gasteiger partial charge in [-0.15, -0.1) is 0 Å². The van der Waals surface area contributed by atoms with E-state index >= 15 is 0 Å². The third-order valence-electron chi connectivity index (χ3n) is 8.30. The molecule has 0 N–H and O–H groups in total. The Morgan fingerprint density at radius 3 is 2.05 bits per heavy atom. The standard InChI is InChI=1S/C20H34/c1-3-13(2)17-11-9-16-8-7-14-5-4-6-15-10-12-18(17)20(16)19(14)15/h13-20H,3-12H2,1-2H3. The van der Waals surface area contributed by atoms with Gasteiger partial charge in [0.15, 0.2) is 0 Å². The summed E-state index contributed by atoms with van der Waals surface area (Å²) in [4.78, 5) is 0. The zero-order chi connectivity index (χ0) is 13.7. The summed E-state index contributed by atoms with van der Waals surface area (Å²) in [5.74, 6) is 8.98. The maximum Gasteiger partial charge on any atom is -0.0321 e. The van der Waals surface area contributed by atoms with E-state index in [2.05, 4.69) is 13.8 Å². The highest BCUT2D eigenvalue weighted by Gasteiger charge is 2.53. The Bertz CT molecular complexity index is 340. The van der Waals surface area contributed by atoms with Gasteiger partial charge in [0.2, 0.25) is 0 Å². The van der Waals surface area contributed by atoms with Crippen molar-refractivity contribution in [2.75, 3.05) is 0 Å². The van der Waals surface area contributed by atoms with Gasteiger partial charge < -0.3 is 0 Å². The number of rotatable bonds is 2. The van der Waals surface area contributed by atoms with Crippen LogP contribution in [0.5, 0.6) is 0 Å². The minimum absolute atomic E-state index is 0.987. The van der Waals surface area contributed by atoms with Crippen molar-refractivity contribution in [3.63, 3.8) is 0 Å². The van der Waals surface area contributed by atoms with Gasteiger partial charge in [-0.1, -0.05) is 39.5 Å². The van der Waals surface area contributed by atoms with Crippen LogP contribution in [0.3, 0.4) is 0 Å². The molecule has 0 amide bonds. The molecular formula is C20H34. The fourth-order valence-corrected chi connectivity index (χ4v) is 7.35. The molecule has 0 bridgehead atoms. The molecule has 20 heavy (non-hydrogen) atoms. The maximum atomic E-state index is 2.55. The number of hydrogen-bond donors (Lipinski definition) is 0. The van der Waals surface area contributed by atoms with Crippen LogP contribution in [0.4, 0.5) is 0 Å². The molecule has 4 fully saturated rings. The second-order valence-corrected chi connectivity index (χ2v) is 8.81. The van der Waals surface area contributed by atoms with Crippen molar-refractivity contribution in [3.8, 4) is 0 Å². The molecule has 0 radical (unpaired) electrons. The van der Waals surface area contributed by atoms with E-state index < -0.39 is 0 Å². The fraction of sp³-hybridized carbons (Fsp3) is 1.00. The Morgan fingerprint density at radius 2 is 1.35 bits per heavy atom. The third-order valence-corrected chi connectivity index (χ3v) is 8.30. The molecule has 0 nitrogen and oxygen atoms in total. The normalized spacial score (nSPS) is 52.2. The molecule has 0 heterocycles. The molecule has 4 aliphatic carbocycles. The van der Waals surface area contributed by atoms with Crippen molar-refractivity contribution in [1.82, 2.24) is 0 Å². The summed E-state index contributed by atoms with van der Waals surface area (Å²) in [5.41, 5.74) is 0. The summed E-state index contributed by atoms with van der Waals surface area (Å²) in [6.07, 6.45) is 15.7. The van der Waals surface area contributed by atoms with Gasteiger partial charge in [0.1, 0.15) is 0 Å². The van der Waals surface area contributed by atoms with Crippen LogP contribution in [0.25, 0.3) is 0 Å². The minimum atomic E-state index is 0.987. The lowest BCUT2D eigenvalue weighted by atomic mass is 9.45. The molecule has 0 spiro atoms. The molecule has 4 rings (SSSR count). The molecule has 0 aromatic rings. The van der Waals surface area contributed by atoms with E-state index in [-0.39, 0.29) is 0 Å². The molecule has 0 saturated heterocycles. The second kappa shape index (κ2) is 5.33. The van der Waals surface area contributed by atoms with E-state index in [1.165, 1.54) is 18.3 Å². The lowest BCUT2D eigenvalue weighted by molar-refractivity contribution is -0.105. The van der Waals surface area contributed by atoms with E-state index in [0.29, 0.717) is 0 Å². The third kappa shape index (κ3) is 2.00. The first kappa shape index (κ1) is 13.6. The fourth-order valence-electron chi connectivity index (χ4n) is 7.35. The Labute approximate surface area is 126 Å². The zero-order valence-electron chi connectivity index (χ0n) is 13.7. The Morgan fingerprint density at radius 1 is 0.750 bits per heavy atom. The van der Waals surface area contributed by atoms with E-state index in [1.54, 1.807) is 57.8 Å². The summed E-state index contributed by atoms with van der Waals surface area (Å²) in [6, 6.07) is 0. The highest BCUT2D eigenvalue weighted by Crippen LogP contribution is 2.61. The van der Waals surface area contributed by atoms with Crippen LogP contribution in [0.2, 0.25) is 0 Å². The molecule has 0 aromatic heterocycles. The van der Waals surface area contributed by atoms with E-state index in [4.69, 9.17) is 0 Å². The van der Waals surface area contributed by atoms with Crippen LogP contribution in [-0.2, 0) is 0 Å². The Hall–Kier alpha value is 0. The van der Waals surface area contributed by atoms with Crippen molar-refractivity contribution in [1.29, 1.82) is 0 Å². The van der Waals surface area contributed by atoms with Crippen LogP contribution in [0.15, 0.2) is 0 Å². The largest absolute Gasteiger partial charge is 0.0651 e. The van der Waals surface area contributed by atoms with E-state index in [0.717, 1.165) is 35.5 Å². The lowest BCUT2D eigenvalue weighted by Crippen LogP contribution is -2.52.